The second-order valence-electron chi connectivity index (χ2n) is 4.18. The van der Waals surface area contributed by atoms with Crippen LogP contribution in [-0.4, -0.2) is 35.9 Å². The Labute approximate surface area is 99.2 Å². The van der Waals surface area contributed by atoms with E-state index in [-0.39, 0.29) is 5.24 Å². The smallest absolute Gasteiger partial charge is 0.221 e. The number of nitrogens with zero attached hydrogens (tertiary/aromatic N) is 1. The van der Waals surface area contributed by atoms with Crippen molar-refractivity contribution >= 4 is 16.8 Å². The fourth-order valence-corrected chi connectivity index (χ4v) is 2.17. The molecule has 0 amide bonds. The molecule has 15 heavy (non-hydrogen) atoms. The molecule has 90 valence electrons. The first-order valence-corrected chi connectivity index (χ1v) is 6.51. The maximum atomic E-state index is 10.5. The molecule has 2 nitrogen and oxygen atoms in total. The minimum Gasteiger partial charge on any atom is -0.324 e. The van der Waals surface area contributed by atoms with Crippen LogP contribution in [-0.2, 0) is 4.79 Å². The Bertz CT molecular complexity index is 170. The monoisotopic (exact) mass is 234 g/mol. The van der Waals surface area contributed by atoms with E-state index in [1.807, 2.05) is 0 Å². The van der Waals surface area contributed by atoms with Crippen molar-refractivity contribution in [3.05, 3.63) is 0 Å². The lowest BCUT2D eigenvalue weighted by Crippen LogP contribution is -2.48. The van der Waals surface area contributed by atoms with Crippen LogP contribution in [0, 0.1) is 0 Å². The van der Waals surface area contributed by atoms with E-state index in [0.29, 0.717) is 6.42 Å². The molecule has 0 saturated carbocycles. The summed E-state index contributed by atoms with van der Waals surface area (Å²) in [6.45, 7) is 11.6. The molecule has 0 bridgehead atoms. The molecule has 0 aromatic carbocycles. The highest BCUT2D eigenvalue weighted by molar-refractivity contribution is 6.63. The molecule has 0 saturated heterocycles. The van der Waals surface area contributed by atoms with Gasteiger partial charge in [0.1, 0.15) is 0 Å². The highest BCUT2D eigenvalue weighted by Gasteiger charge is 2.19. The first kappa shape index (κ1) is 14.9. The summed E-state index contributed by atoms with van der Waals surface area (Å²) in [7, 11) is 0. The van der Waals surface area contributed by atoms with Crippen LogP contribution in [0.25, 0.3) is 0 Å². The standard InChI is InChI=1S/C12H25ClNO/c1-4-14(5-2,6-3)11-9-7-8-10-12(13)15/h4-11H2,1-3H3/q+1. The molecule has 0 N–H and O–H groups in total. The van der Waals surface area contributed by atoms with Gasteiger partial charge in [-0.15, -0.1) is 0 Å². The summed E-state index contributed by atoms with van der Waals surface area (Å²) in [4.78, 5) is 10.5. The normalized spacial score (nSPS) is 11.7. The summed E-state index contributed by atoms with van der Waals surface area (Å²) in [6.07, 6.45) is 3.81. The fraction of sp³-hybridized carbons (Fsp3) is 0.917. The third-order valence-corrected chi connectivity index (χ3v) is 3.71. The quantitative estimate of drug-likeness (QED) is 0.340. The van der Waals surface area contributed by atoms with Crippen LogP contribution in [0.5, 0.6) is 0 Å². The topological polar surface area (TPSA) is 17.1 Å². The minimum absolute atomic E-state index is 0.197. The SMILES string of the molecule is CC[N+](CC)(CC)CCCCCC(=O)Cl. The van der Waals surface area contributed by atoms with Gasteiger partial charge in [-0.1, -0.05) is 0 Å². The molecule has 0 radical (unpaired) electrons. The van der Waals surface area contributed by atoms with Crippen molar-refractivity contribution in [1.29, 1.82) is 0 Å². The predicted molar refractivity (Wildman–Crippen MR) is 66.1 cm³/mol. The second-order valence-corrected chi connectivity index (χ2v) is 4.60. The molecule has 0 spiro atoms. The second kappa shape index (κ2) is 8.12. The van der Waals surface area contributed by atoms with E-state index in [1.165, 1.54) is 37.1 Å². The summed E-state index contributed by atoms with van der Waals surface area (Å²) in [5, 5.41) is -0.197. The van der Waals surface area contributed by atoms with E-state index in [0.717, 1.165) is 12.8 Å². The third kappa shape index (κ3) is 6.16. The summed E-state index contributed by atoms with van der Waals surface area (Å²) in [6, 6.07) is 0. The number of rotatable bonds is 9. The zero-order valence-electron chi connectivity index (χ0n) is 10.4. The first-order chi connectivity index (χ1) is 7.10. The molecule has 0 aromatic heterocycles. The number of halogens is 1. The Morgan fingerprint density at radius 1 is 1.00 bits per heavy atom. The molecule has 0 heterocycles. The van der Waals surface area contributed by atoms with Gasteiger partial charge in [0.15, 0.2) is 0 Å². The van der Waals surface area contributed by atoms with Crippen LogP contribution >= 0.6 is 11.6 Å². The molecular weight excluding hydrogens is 210 g/mol. The number of hydrogen-bond acceptors (Lipinski definition) is 1. The molecule has 0 fully saturated rings. The lowest BCUT2D eigenvalue weighted by atomic mass is 10.1. The van der Waals surface area contributed by atoms with Crippen molar-refractivity contribution in [2.75, 3.05) is 26.2 Å². The molecular formula is C12H25ClNO+. The Kier molecular flexibility index (Phi) is 8.07. The van der Waals surface area contributed by atoms with Crippen molar-refractivity contribution in [3.8, 4) is 0 Å². The predicted octanol–water partition coefficient (Wildman–Crippen LogP) is 3.19. The molecule has 0 rings (SSSR count). The number of carbonyl (C=O) groups excluding carboxylic acids is 1. The number of hydrogen-bond donors (Lipinski definition) is 0. The first-order valence-electron chi connectivity index (χ1n) is 6.13. The van der Waals surface area contributed by atoms with Crippen LogP contribution in [0.3, 0.4) is 0 Å². The molecule has 0 atom stereocenters. The zero-order chi connectivity index (χ0) is 11.7. The average Bonchev–Trinajstić information content (AvgIpc) is 2.24. The van der Waals surface area contributed by atoms with Crippen molar-refractivity contribution in [1.82, 2.24) is 0 Å². The highest BCUT2D eigenvalue weighted by Crippen LogP contribution is 2.10. The fourth-order valence-electron chi connectivity index (χ4n) is 2.03. The summed E-state index contributed by atoms with van der Waals surface area (Å²) >= 11 is 5.29. The lowest BCUT2D eigenvalue weighted by molar-refractivity contribution is -0.923. The third-order valence-electron chi connectivity index (χ3n) is 3.52. The van der Waals surface area contributed by atoms with E-state index in [9.17, 15) is 4.79 Å². The van der Waals surface area contributed by atoms with Crippen LogP contribution in [0.15, 0.2) is 0 Å². The van der Waals surface area contributed by atoms with Gasteiger partial charge < -0.3 is 4.48 Å². The van der Waals surface area contributed by atoms with Crippen molar-refractivity contribution in [2.24, 2.45) is 0 Å². The van der Waals surface area contributed by atoms with Crippen LogP contribution in [0.4, 0.5) is 0 Å². The van der Waals surface area contributed by atoms with Crippen LogP contribution < -0.4 is 0 Å². The van der Waals surface area contributed by atoms with Crippen molar-refractivity contribution in [2.45, 2.75) is 46.5 Å². The van der Waals surface area contributed by atoms with E-state index in [1.54, 1.807) is 0 Å². The zero-order valence-corrected chi connectivity index (χ0v) is 11.1. The van der Waals surface area contributed by atoms with Crippen LogP contribution in [0.2, 0.25) is 0 Å². The average molecular weight is 235 g/mol. The molecule has 3 heteroatoms. The molecule has 0 unspecified atom stereocenters. The Hall–Kier alpha value is -0.0800. The van der Waals surface area contributed by atoms with E-state index >= 15 is 0 Å². The van der Waals surface area contributed by atoms with Gasteiger partial charge in [0.05, 0.1) is 26.2 Å². The summed E-state index contributed by atoms with van der Waals surface area (Å²) < 4.78 is 1.20. The van der Waals surface area contributed by atoms with E-state index < -0.39 is 0 Å². The molecule has 0 aliphatic rings. The maximum Gasteiger partial charge on any atom is 0.221 e. The highest BCUT2D eigenvalue weighted by atomic mass is 35.5. The van der Waals surface area contributed by atoms with Gasteiger partial charge in [-0.25, -0.2) is 0 Å². The van der Waals surface area contributed by atoms with E-state index in [4.69, 9.17) is 11.6 Å². The largest absolute Gasteiger partial charge is 0.324 e. The van der Waals surface area contributed by atoms with Crippen LogP contribution in [0.1, 0.15) is 46.5 Å². The Morgan fingerprint density at radius 2 is 1.53 bits per heavy atom. The Morgan fingerprint density at radius 3 is 1.93 bits per heavy atom. The Balaban J connectivity index is 3.67. The summed E-state index contributed by atoms with van der Waals surface area (Å²) in [5.41, 5.74) is 0. The van der Waals surface area contributed by atoms with Crippen molar-refractivity contribution < 1.29 is 9.28 Å². The van der Waals surface area contributed by atoms with Gasteiger partial charge in [-0.3, -0.25) is 4.79 Å². The number of quaternary nitrogens is 1. The van der Waals surface area contributed by atoms with Gasteiger partial charge >= 0.3 is 0 Å². The van der Waals surface area contributed by atoms with Gasteiger partial charge in [0.25, 0.3) is 0 Å². The van der Waals surface area contributed by atoms with Gasteiger partial charge in [-0.05, 0) is 51.6 Å². The van der Waals surface area contributed by atoms with E-state index in [2.05, 4.69) is 20.8 Å². The summed E-state index contributed by atoms with van der Waals surface area (Å²) in [5.74, 6) is 0. The van der Waals surface area contributed by atoms with Gasteiger partial charge in [0.2, 0.25) is 5.24 Å². The molecule has 0 aliphatic heterocycles. The number of carbonyl (C=O) groups is 1. The van der Waals surface area contributed by atoms with Gasteiger partial charge in [0, 0.05) is 6.42 Å². The molecule has 0 aliphatic carbocycles. The van der Waals surface area contributed by atoms with Gasteiger partial charge in [-0.2, -0.15) is 0 Å². The lowest BCUT2D eigenvalue weighted by Gasteiger charge is -2.35. The number of unbranched alkanes of at least 4 members (excludes halogenated alkanes) is 2. The molecule has 0 aromatic rings. The minimum atomic E-state index is -0.197. The maximum absolute atomic E-state index is 10.5. The van der Waals surface area contributed by atoms with Crippen molar-refractivity contribution in [3.63, 3.8) is 0 Å².